The van der Waals surface area contributed by atoms with E-state index in [2.05, 4.69) is 31.9 Å². The van der Waals surface area contributed by atoms with Gasteiger partial charge in [0.05, 0.1) is 4.47 Å². The molecule has 1 aromatic carbocycles. The summed E-state index contributed by atoms with van der Waals surface area (Å²) in [7, 11) is 0. The van der Waals surface area contributed by atoms with Crippen molar-refractivity contribution in [3.63, 3.8) is 0 Å². The maximum absolute atomic E-state index is 9.88. The van der Waals surface area contributed by atoms with Crippen LogP contribution in [-0.4, -0.2) is 5.11 Å². The molecule has 1 aromatic rings. The van der Waals surface area contributed by atoms with Crippen molar-refractivity contribution in [3.05, 3.63) is 26.6 Å². The normalized spacial score (nSPS) is 16.7. The molecule has 2 rings (SSSR count). The third-order valence-electron chi connectivity index (χ3n) is 2.74. The highest BCUT2D eigenvalue weighted by atomic mass is 79.9. The van der Waals surface area contributed by atoms with Crippen LogP contribution in [-0.2, 0) is 0 Å². The van der Waals surface area contributed by atoms with Gasteiger partial charge in [-0.2, -0.15) is 0 Å². The second kappa shape index (κ2) is 5.71. The molecular weight excluding hydrogens is 357 g/mol. The van der Waals surface area contributed by atoms with Crippen LogP contribution in [0, 0.1) is 5.92 Å². The van der Waals surface area contributed by atoms with E-state index in [-0.39, 0.29) is 24.2 Å². The molecule has 1 saturated carbocycles. The number of hydrogen-bond donors (Lipinski definition) is 2. The van der Waals surface area contributed by atoms with Crippen molar-refractivity contribution in [2.24, 2.45) is 11.7 Å². The highest BCUT2D eigenvalue weighted by Gasteiger charge is 2.26. The lowest BCUT2D eigenvalue weighted by Gasteiger charge is -2.14. The topological polar surface area (TPSA) is 46.2 Å². The smallest absolute Gasteiger partial charge is 0.134 e. The van der Waals surface area contributed by atoms with Crippen LogP contribution in [0.1, 0.15) is 30.9 Å². The fraction of sp³-hybridized carbons (Fsp3) is 0.455. The molecule has 0 saturated heterocycles. The molecule has 1 atom stereocenters. The third kappa shape index (κ3) is 3.36. The predicted octanol–water partition coefficient (Wildman–Crippen LogP) is 4.14. The van der Waals surface area contributed by atoms with Gasteiger partial charge in [0.2, 0.25) is 0 Å². The fourth-order valence-corrected chi connectivity index (χ4v) is 2.97. The molecule has 1 aliphatic rings. The van der Waals surface area contributed by atoms with Crippen molar-refractivity contribution < 1.29 is 5.11 Å². The van der Waals surface area contributed by atoms with Crippen LogP contribution < -0.4 is 5.73 Å². The molecule has 3 N–H and O–H groups in total. The molecule has 0 unspecified atom stereocenters. The zero-order valence-electron chi connectivity index (χ0n) is 8.62. The van der Waals surface area contributed by atoms with E-state index in [0.29, 0.717) is 4.47 Å². The van der Waals surface area contributed by atoms with E-state index in [0.717, 1.165) is 22.4 Å². The lowest BCUT2D eigenvalue weighted by molar-refractivity contribution is 0.452. The molecule has 0 aliphatic heterocycles. The summed E-state index contributed by atoms with van der Waals surface area (Å²) in [6.45, 7) is 0. The average molecular weight is 372 g/mol. The Labute approximate surface area is 118 Å². The number of hydrogen-bond acceptors (Lipinski definition) is 2. The molecule has 0 heterocycles. The van der Waals surface area contributed by atoms with Crippen LogP contribution in [0.25, 0.3) is 0 Å². The Morgan fingerprint density at radius 3 is 2.56 bits per heavy atom. The summed E-state index contributed by atoms with van der Waals surface area (Å²) in [6, 6.07) is 3.65. The summed E-state index contributed by atoms with van der Waals surface area (Å²) < 4.78 is 1.63. The molecule has 0 amide bonds. The molecule has 5 heteroatoms. The number of aromatic hydroxyl groups is 1. The van der Waals surface area contributed by atoms with E-state index >= 15 is 0 Å². The first kappa shape index (κ1) is 14.3. The second-order valence-corrected chi connectivity index (χ2v) is 5.88. The fourth-order valence-electron chi connectivity index (χ4n) is 1.71. The highest BCUT2D eigenvalue weighted by molar-refractivity contribution is 9.11. The Morgan fingerprint density at radius 2 is 2.00 bits per heavy atom. The number of halogens is 3. The minimum absolute atomic E-state index is 0. The van der Waals surface area contributed by atoms with Crippen molar-refractivity contribution >= 4 is 44.3 Å². The zero-order chi connectivity index (χ0) is 11.0. The number of phenols is 1. The molecule has 0 spiro atoms. The molecule has 1 aliphatic carbocycles. The largest absolute Gasteiger partial charge is 0.506 e. The van der Waals surface area contributed by atoms with Gasteiger partial charge in [0.25, 0.3) is 0 Å². The summed E-state index contributed by atoms with van der Waals surface area (Å²) in [5, 5.41) is 9.88. The molecule has 0 aromatic heterocycles. The van der Waals surface area contributed by atoms with Crippen LogP contribution in [0.15, 0.2) is 21.1 Å². The molecule has 2 nitrogen and oxygen atoms in total. The molecule has 90 valence electrons. The van der Waals surface area contributed by atoms with Crippen LogP contribution >= 0.6 is 44.3 Å². The van der Waals surface area contributed by atoms with E-state index in [4.69, 9.17) is 5.73 Å². The van der Waals surface area contributed by atoms with Crippen LogP contribution in [0.4, 0.5) is 0 Å². The van der Waals surface area contributed by atoms with Crippen molar-refractivity contribution in [2.75, 3.05) is 0 Å². The van der Waals surface area contributed by atoms with Gasteiger partial charge in [0.15, 0.2) is 0 Å². The van der Waals surface area contributed by atoms with Crippen molar-refractivity contribution in [3.8, 4) is 5.75 Å². The third-order valence-corrected chi connectivity index (χ3v) is 3.80. The Hall–Kier alpha value is 0.230. The summed E-state index contributed by atoms with van der Waals surface area (Å²) in [4.78, 5) is 0. The lowest BCUT2D eigenvalue weighted by Crippen LogP contribution is -2.11. The van der Waals surface area contributed by atoms with E-state index in [1.165, 1.54) is 12.8 Å². The highest BCUT2D eigenvalue weighted by Crippen LogP contribution is 2.41. The molecule has 0 bridgehead atoms. The monoisotopic (exact) mass is 369 g/mol. The second-order valence-electron chi connectivity index (χ2n) is 4.11. The SMILES string of the molecule is Cl.N[C@@H](CC1CC1)c1cc(Br)cc(Br)c1O. The van der Waals surface area contributed by atoms with Crippen LogP contribution in [0.2, 0.25) is 0 Å². The van der Waals surface area contributed by atoms with Crippen molar-refractivity contribution in [1.82, 2.24) is 0 Å². The number of nitrogens with two attached hydrogens (primary N) is 1. The van der Waals surface area contributed by atoms with Gasteiger partial charge in [-0.25, -0.2) is 0 Å². The Bertz CT molecular complexity index is 382. The van der Waals surface area contributed by atoms with Gasteiger partial charge in [0, 0.05) is 16.1 Å². The maximum Gasteiger partial charge on any atom is 0.134 e. The van der Waals surface area contributed by atoms with Crippen molar-refractivity contribution in [1.29, 1.82) is 0 Å². The summed E-state index contributed by atoms with van der Waals surface area (Å²) in [5.41, 5.74) is 6.90. The van der Waals surface area contributed by atoms with Crippen LogP contribution in [0.3, 0.4) is 0 Å². The van der Waals surface area contributed by atoms with E-state index in [1.807, 2.05) is 12.1 Å². The van der Waals surface area contributed by atoms with Gasteiger partial charge in [-0.15, -0.1) is 12.4 Å². The summed E-state index contributed by atoms with van der Waals surface area (Å²) in [6.07, 6.45) is 3.53. The Kier molecular flexibility index (Phi) is 5.10. The maximum atomic E-state index is 9.88. The quantitative estimate of drug-likeness (QED) is 0.839. The van der Waals surface area contributed by atoms with E-state index < -0.39 is 0 Å². The molecule has 1 fully saturated rings. The first-order chi connectivity index (χ1) is 7.08. The van der Waals surface area contributed by atoms with E-state index in [9.17, 15) is 5.11 Å². The van der Waals surface area contributed by atoms with E-state index in [1.54, 1.807) is 0 Å². The predicted molar refractivity (Wildman–Crippen MR) is 75.0 cm³/mol. The molecule has 0 radical (unpaired) electrons. The van der Waals surface area contributed by atoms with Gasteiger partial charge in [-0.05, 0) is 40.4 Å². The standard InChI is InChI=1S/C11H13Br2NO.ClH/c12-7-4-8(11(15)9(13)5-7)10(14)3-6-1-2-6;/h4-6,10,15H,1-3,14H2;1H/t10-;/m0./s1. The first-order valence-electron chi connectivity index (χ1n) is 5.01. The first-order valence-corrected chi connectivity index (χ1v) is 6.60. The minimum atomic E-state index is -0.0636. The number of benzene rings is 1. The Balaban J connectivity index is 0.00000128. The zero-order valence-corrected chi connectivity index (χ0v) is 12.6. The Morgan fingerprint density at radius 1 is 1.38 bits per heavy atom. The van der Waals surface area contributed by atoms with Gasteiger partial charge >= 0.3 is 0 Å². The average Bonchev–Trinajstić information content (AvgIpc) is 2.94. The van der Waals surface area contributed by atoms with Gasteiger partial charge < -0.3 is 10.8 Å². The van der Waals surface area contributed by atoms with Crippen molar-refractivity contribution in [2.45, 2.75) is 25.3 Å². The number of rotatable bonds is 3. The van der Waals surface area contributed by atoms with Crippen LogP contribution in [0.5, 0.6) is 5.75 Å². The van der Waals surface area contributed by atoms with Gasteiger partial charge in [-0.1, -0.05) is 28.8 Å². The molecule has 16 heavy (non-hydrogen) atoms. The summed E-state index contributed by atoms with van der Waals surface area (Å²) in [5.74, 6) is 1.03. The lowest BCUT2D eigenvalue weighted by atomic mass is 10.0. The number of phenolic OH excluding ortho intramolecular Hbond substituents is 1. The van der Waals surface area contributed by atoms with Gasteiger partial charge in [-0.3, -0.25) is 0 Å². The minimum Gasteiger partial charge on any atom is -0.506 e. The molecular formula is C11H14Br2ClNO. The summed E-state index contributed by atoms with van der Waals surface area (Å²) >= 11 is 6.71. The van der Waals surface area contributed by atoms with Gasteiger partial charge in [0.1, 0.15) is 5.75 Å².